The Balaban J connectivity index is 2.37. The van der Waals surface area contributed by atoms with Gasteiger partial charge in [0.15, 0.2) is 0 Å². The van der Waals surface area contributed by atoms with Gasteiger partial charge in [-0.3, -0.25) is 9.58 Å². The predicted octanol–water partition coefficient (Wildman–Crippen LogP) is 1.44. The number of rotatable bonds is 1. The molecule has 0 spiro atoms. The maximum absolute atomic E-state index is 12.7. The van der Waals surface area contributed by atoms with Gasteiger partial charge in [-0.25, -0.2) is 8.78 Å². The second-order valence-electron chi connectivity index (χ2n) is 3.82. The molecule has 1 aliphatic heterocycles. The highest BCUT2D eigenvalue weighted by Crippen LogP contribution is 2.25. The summed E-state index contributed by atoms with van der Waals surface area (Å²) in [6.45, 7) is 2.89. The molecule has 0 aromatic carbocycles. The number of halogens is 2. The summed E-state index contributed by atoms with van der Waals surface area (Å²) in [7, 11) is 1.85. The molecule has 0 fully saturated rings. The molecule has 1 aliphatic rings. The van der Waals surface area contributed by atoms with Gasteiger partial charge in [-0.05, 0) is 20.0 Å². The zero-order valence-corrected chi connectivity index (χ0v) is 8.24. The van der Waals surface area contributed by atoms with Crippen LogP contribution in [0.3, 0.4) is 0 Å². The van der Waals surface area contributed by atoms with Crippen LogP contribution in [0.25, 0.3) is 0 Å². The van der Waals surface area contributed by atoms with Crippen molar-refractivity contribution < 1.29 is 8.78 Å². The van der Waals surface area contributed by atoms with Gasteiger partial charge in [-0.1, -0.05) is 0 Å². The average Bonchev–Trinajstić information content (AvgIpc) is 2.42. The first-order valence-electron chi connectivity index (χ1n) is 4.59. The van der Waals surface area contributed by atoms with E-state index in [4.69, 9.17) is 0 Å². The quantitative estimate of drug-likeness (QED) is 0.685. The van der Waals surface area contributed by atoms with Gasteiger partial charge in [0, 0.05) is 13.1 Å². The van der Waals surface area contributed by atoms with Crippen LogP contribution in [-0.4, -0.2) is 34.7 Å². The molecule has 5 heteroatoms. The molecule has 0 saturated heterocycles. The van der Waals surface area contributed by atoms with E-state index in [2.05, 4.69) is 5.10 Å². The molecule has 0 aliphatic carbocycles. The highest BCUT2D eigenvalue weighted by molar-refractivity contribution is 5.12. The van der Waals surface area contributed by atoms with Gasteiger partial charge >= 0.3 is 0 Å². The first kappa shape index (κ1) is 9.58. The van der Waals surface area contributed by atoms with Crippen molar-refractivity contribution in [1.29, 1.82) is 0 Å². The van der Waals surface area contributed by atoms with Crippen molar-refractivity contribution >= 4 is 0 Å². The fraction of sp³-hybridized carbons (Fsp3) is 0.667. The summed E-state index contributed by atoms with van der Waals surface area (Å²) in [6.07, 6.45) is -2.35. The Kier molecular flexibility index (Phi) is 2.26. The average molecular weight is 201 g/mol. The highest BCUT2D eigenvalue weighted by Gasteiger charge is 2.30. The van der Waals surface area contributed by atoms with E-state index in [0.717, 1.165) is 11.4 Å². The molecule has 1 aromatic heterocycles. The molecule has 0 bridgehead atoms. The van der Waals surface area contributed by atoms with Gasteiger partial charge in [0.25, 0.3) is 6.43 Å². The summed E-state index contributed by atoms with van der Waals surface area (Å²) in [5.74, 6) is 0. The Bertz CT molecular complexity index is 335. The first-order valence-corrected chi connectivity index (χ1v) is 4.59. The molecular formula is C9H13F2N3. The number of aryl methyl sites for hydroxylation is 1. The summed E-state index contributed by atoms with van der Waals surface area (Å²) < 4.78 is 26.9. The second kappa shape index (κ2) is 3.31. The molecule has 1 atom stereocenters. The maximum atomic E-state index is 12.7. The van der Waals surface area contributed by atoms with Crippen molar-refractivity contribution in [3.8, 4) is 0 Å². The molecule has 2 heterocycles. The topological polar surface area (TPSA) is 21.1 Å². The first-order chi connectivity index (χ1) is 6.58. The zero-order valence-electron chi connectivity index (χ0n) is 8.24. The fourth-order valence-electron chi connectivity index (χ4n) is 1.90. The third kappa shape index (κ3) is 1.52. The van der Waals surface area contributed by atoms with Gasteiger partial charge in [-0.2, -0.15) is 5.10 Å². The Morgan fingerprint density at radius 3 is 2.93 bits per heavy atom. The lowest BCUT2D eigenvalue weighted by molar-refractivity contribution is 0.0405. The molecular weight excluding hydrogens is 188 g/mol. The van der Waals surface area contributed by atoms with Crippen molar-refractivity contribution in [2.75, 3.05) is 13.6 Å². The molecule has 1 unspecified atom stereocenters. The third-order valence-corrected chi connectivity index (χ3v) is 2.47. The summed E-state index contributed by atoms with van der Waals surface area (Å²) in [4.78, 5) is 1.90. The number of nitrogens with zero attached hydrogens (tertiary/aromatic N) is 3. The lowest BCUT2D eigenvalue weighted by atomic mass is 10.2. The van der Waals surface area contributed by atoms with Crippen molar-refractivity contribution in [3.05, 3.63) is 17.5 Å². The van der Waals surface area contributed by atoms with E-state index in [9.17, 15) is 8.78 Å². The van der Waals surface area contributed by atoms with Gasteiger partial charge in [0.05, 0.1) is 11.4 Å². The van der Waals surface area contributed by atoms with Crippen LogP contribution in [-0.2, 0) is 6.54 Å². The number of hydrogen-bond donors (Lipinski definition) is 0. The smallest absolute Gasteiger partial charge is 0.261 e. The Morgan fingerprint density at radius 2 is 2.29 bits per heavy atom. The van der Waals surface area contributed by atoms with Crippen LogP contribution in [0.2, 0.25) is 0 Å². The van der Waals surface area contributed by atoms with Crippen LogP contribution in [0.4, 0.5) is 8.78 Å². The van der Waals surface area contributed by atoms with E-state index in [1.165, 1.54) is 4.68 Å². The third-order valence-electron chi connectivity index (χ3n) is 2.47. The molecule has 0 amide bonds. The van der Waals surface area contributed by atoms with E-state index >= 15 is 0 Å². The van der Waals surface area contributed by atoms with Crippen molar-refractivity contribution in [2.45, 2.75) is 25.9 Å². The molecule has 0 N–H and O–H groups in total. The van der Waals surface area contributed by atoms with Crippen LogP contribution >= 0.6 is 0 Å². The normalized spacial score (nSPS) is 22.8. The van der Waals surface area contributed by atoms with E-state index in [1.807, 2.05) is 24.9 Å². The van der Waals surface area contributed by atoms with Crippen LogP contribution in [0.5, 0.6) is 0 Å². The number of aromatic nitrogens is 2. The zero-order chi connectivity index (χ0) is 10.3. The van der Waals surface area contributed by atoms with E-state index < -0.39 is 12.5 Å². The Labute approximate surface area is 81.3 Å². The molecule has 3 nitrogen and oxygen atoms in total. The number of alkyl halides is 2. The Hall–Kier alpha value is -0.970. The van der Waals surface area contributed by atoms with Crippen LogP contribution in [0.15, 0.2) is 6.07 Å². The number of fused-ring (bicyclic) bond motifs is 1. The summed E-state index contributed by atoms with van der Waals surface area (Å²) in [5, 5.41) is 4.10. The maximum Gasteiger partial charge on any atom is 0.261 e. The van der Waals surface area contributed by atoms with Crippen molar-refractivity contribution in [3.63, 3.8) is 0 Å². The fourth-order valence-corrected chi connectivity index (χ4v) is 1.90. The summed E-state index contributed by atoms with van der Waals surface area (Å²) in [5.41, 5.74) is 1.68. The van der Waals surface area contributed by atoms with E-state index in [-0.39, 0.29) is 0 Å². The van der Waals surface area contributed by atoms with Gasteiger partial charge in [0.2, 0.25) is 0 Å². The Morgan fingerprint density at radius 1 is 1.57 bits per heavy atom. The number of hydrogen-bond acceptors (Lipinski definition) is 2. The number of likely N-dealkylation sites (N-methyl/N-ethyl adjacent to an activating group) is 1. The molecule has 14 heavy (non-hydrogen) atoms. The van der Waals surface area contributed by atoms with Crippen molar-refractivity contribution in [2.24, 2.45) is 0 Å². The predicted molar refractivity (Wildman–Crippen MR) is 48.3 cm³/mol. The molecule has 2 rings (SSSR count). The standard InChI is InChI=1S/C9H13F2N3/c1-6-3-7-4-13(2)5-8(9(10)11)14(7)12-6/h3,8-9H,4-5H2,1-2H3. The summed E-state index contributed by atoms with van der Waals surface area (Å²) in [6, 6.07) is 1.07. The largest absolute Gasteiger partial charge is 0.298 e. The highest BCUT2D eigenvalue weighted by atomic mass is 19.3. The van der Waals surface area contributed by atoms with Crippen molar-refractivity contribution in [1.82, 2.24) is 14.7 Å². The van der Waals surface area contributed by atoms with Gasteiger partial charge < -0.3 is 0 Å². The van der Waals surface area contributed by atoms with Crippen LogP contribution < -0.4 is 0 Å². The monoisotopic (exact) mass is 201 g/mol. The molecule has 1 aromatic rings. The molecule has 0 saturated carbocycles. The second-order valence-corrected chi connectivity index (χ2v) is 3.82. The van der Waals surface area contributed by atoms with Crippen LogP contribution in [0.1, 0.15) is 17.4 Å². The van der Waals surface area contributed by atoms with E-state index in [1.54, 1.807) is 0 Å². The minimum Gasteiger partial charge on any atom is -0.298 e. The minimum atomic E-state index is -2.35. The van der Waals surface area contributed by atoms with Crippen LogP contribution in [0, 0.1) is 6.92 Å². The molecule has 78 valence electrons. The van der Waals surface area contributed by atoms with Gasteiger partial charge in [-0.15, -0.1) is 0 Å². The minimum absolute atomic E-state index is 0.367. The SMILES string of the molecule is Cc1cc2n(n1)C(C(F)F)CN(C)C2. The van der Waals surface area contributed by atoms with E-state index in [0.29, 0.717) is 13.1 Å². The van der Waals surface area contributed by atoms with Gasteiger partial charge in [0.1, 0.15) is 6.04 Å². The lowest BCUT2D eigenvalue weighted by Gasteiger charge is -2.30. The lowest BCUT2D eigenvalue weighted by Crippen LogP contribution is -2.38. The summed E-state index contributed by atoms with van der Waals surface area (Å²) >= 11 is 0. The molecule has 0 radical (unpaired) electrons.